The summed E-state index contributed by atoms with van der Waals surface area (Å²) in [6, 6.07) is 6.43. The summed E-state index contributed by atoms with van der Waals surface area (Å²) >= 11 is 1.43. The number of aromatic nitrogens is 1. The molecular formula is C35H49N9O8S. The van der Waals surface area contributed by atoms with Crippen LogP contribution in [0.2, 0.25) is 0 Å². The van der Waals surface area contributed by atoms with E-state index in [1.54, 1.807) is 22.9 Å². The van der Waals surface area contributed by atoms with Crippen LogP contribution in [-0.4, -0.2) is 92.1 Å². The van der Waals surface area contributed by atoms with Crippen molar-refractivity contribution in [2.45, 2.75) is 76.7 Å². The van der Waals surface area contributed by atoms with E-state index < -0.39 is 52.8 Å². The lowest BCUT2D eigenvalue weighted by Crippen LogP contribution is -2.57. The van der Waals surface area contributed by atoms with E-state index in [1.807, 2.05) is 32.2 Å². The van der Waals surface area contributed by atoms with Gasteiger partial charge in [0, 0.05) is 47.8 Å². The number of nitrogens with two attached hydrogens (primary N) is 3. The van der Waals surface area contributed by atoms with Crippen LogP contribution in [0.1, 0.15) is 50.7 Å². The highest BCUT2D eigenvalue weighted by molar-refractivity contribution is 7.98. The minimum atomic E-state index is -1.27. The minimum Gasteiger partial charge on any atom is -0.508 e. The molecule has 0 aliphatic heterocycles. The number of para-hydroxylation sites is 1. The number of nitrogens with one attached hydrogen (secondary N) is 3. The van der Waals surface area contributed by atoms with E-state index in [1.165, 1.54) is 30.0 Å². The van der Waals surface area contributed by atoms with Crippen molar-refractivity contribution >= 4 is 58.0 Å². The second-order valence-electron chi connectivity index (χ2n) is 13.1. The number of carbonyl (C=O) groups excluding carboxylic acids is 3. The number of fused-ring (bicyclic) bond motifs is 1. The number of non-ortho nitro benzene ring substituents is 1. The third kappa shape index (κ3) is 12.7. The lowest BCUT2D eigenvalue weighted by Gasteiger charge is -2.25. The molecule has 0 unspecified atom stereocenters. The summed E-state index contributed by atoms with van der Waals surface area (Å²) in [6.45, 7) is 4.04. The number of thioether (sulfide) groups is 1. The molecule has 0 fully saturated rings. The smallest absolute Gasteiger partial charge is 0.326 e. The Morgan fingerprint density at radius 1 is 0.962 bits per heavy atom. The number of phenolic OH excluding ortho intramolecular Hbond substituents is 1. The summed E-state index contributed by atoms with van der Waals surface area (Å²) in [6.07, 6.45) is 4.34. The summed E-state index contributed by atoms with van der Waals surface area (Å²) in [4.78, 5) is 67.6. The van der Waals surface area contributed by atoms with Gasteiger partial charge in [-0.15, -0.1) is 0 Å². The molecule has 11 N–H and O–H groups in total. The van der Waals surface area contributed by atoms with Gasteiger partial charge in [-0.05, 0) is 61.3 Å². The molecule has 4 atom stereocenters. The van der Waals surface area contributed by atoms with Gasteiger partial charge in [-0.25, -0.2) is 4.79 Å². The molecule has 18 heteroatoms. The van der Waals surface area contributed by atoms with Crippen LogP contribution in [0.15, 0.2) is 53.7 Å². The lowest BCUT2D eigenvalue weighted by molar-refractivity contribution is -0.384. The number of hydrogen-bond acceptors (Lipinski definition) is 10. The van der Waals surface area contributed by atoms with E-state index in [0.29, 0.717) is 28.8 Å². The molecule has 0 aliphatic rings. The molecule has 3 aromatic rings. The number of hydrogen-bond donors (Lipinski definition) is 8. The van der Waals surface area contributed by atoms with Crippen molar-refractivity contribution in [2.75, 3.05) is 18.6 Å². The topological polar surface area (TPSA) is 283 Å². The average Bonchev–Trinajstić information content (AvgIpc) is 3.44. The Morgan fingerprint density at radius 2 is 1.62 bits per heavy atom. The number of amides is 3. The molecule has 1 heterocycles. The van der Waals surface area contributed by atoms with Gasteiger partial charge in [0.1, 0.15) is 23.9 Å². The van der Waals surface area contributed by atoms with E-state index in [4.69, 9.17) is 17.2 Å². The van der Waals surface area contributed by atoms with Crippen molar-refractivity contribution in [3.8, 4) is 5.75 Å². The second kappa shape index (κ2) is 20.0. The van der Waals surface area contributed by atoms with Gasteiger partial charge in [-0.3, -0.25) is 29.5 Å². The Balaban J connectivity index is 1.95. The maximum absolute atomic E-state index is 14.1. The van der Waals surface area contributed by atoms with Crippen LogP contribution in [0, 0.1) is 16.0 Å². The normalized spacial score (nSPS) is 13.5. The number of guanidine groups is 1. The molecule has 0 aliphatic carbocycles. The van der Waals surface area contributed by atoms with Crippen molar-refractivity contribution < 1.29 is 34.3 Å². The van der Waals surface area contributed by atoms with Gasteiger partial charge in [-0.1, -0.05) is 32.0 Å². The molecule has 2 aromatic carbocycles. The van der Waals surface area contributed by atoms with Crippen molar-refractivity contribution in [2.24, 2.45) is 28.1 Å². The number of carboxylic acid groups (broad SMARTS) is 1. The van der Waals surface area contributed by atoms with Crippen molar-refractivity contribution in [3.05, 3.63) is 69.9 Å². The maximum atomic E-state index is 14.1. The van der Waals surface area contributed by atoms with Gasteiger partial charge < -0.3 is 47.9 Å². The first-order valence-corrected chi connectivity index (χ1v) is 18.5. The molecule has 288 valence electrons. The quantitative estimate of drug-likeness (QED) is 0.0253. The first-order valence-electron chi connectivity index (χ1n) is 17.1. The van der Waals surface area contributed by atoms with Gasteiger partial charge in [0.15, 0.2) is 5.96 Å². The molecule has 0 saturated carbocycles. The number of aromatic hydroxyl groups is 1. The summed E-state index contributed by atoms with van der Waals surface area (Å²) in [5, 5.41) is 40.4. The third-order valence-electron chi connectivity index (χ3n) is 8.41. The molecule has 17 nitrogen and oxygen atoms in total. The molecular weight excluding hydrogens is 707 g/mol. The number of nitro groups is 1. The number of aliphatic imine (C=N–C) groups is 1. The van der Waals surface area contributed by atoms with E-state index in [2.05, 4.69) is 20.9 Å². The Morgan fingerprint density at radius 3 is 2.26 bits per heavy atom. The van der Waals surface area contributed by atoms with E-state index in [0.717, 1.165) is 5.39 Å². The van der Waals surface area contributed by atoms with Crippen molar-refractivity contribution in [1.82, 2.24) is 20.5 Å². The number of nitrogens with zero attached hydrogens (tertiary/aromatic N) is 3. The SMILES string of the molecule is CSCC[C@H](NC(=O)[C@H](Cc1cn(Cc2cc([N+](=O)[O-])ccc2O)c2ccccc12)NC(=O)[C@@H](N)CC(C)C)C(=O)N[C@@H](CCCN=C(N)N)C(=O)O. The zero-order chi connectivity index (χ0) is 39.2. The highest BCUT2D eigenvalue weighted by Gasteiger charge is 2.31. The minimum absolute atomic E-state index is 0.0334. The number of carbonyl (C=O) groups is 4. The highest BCUT2D eigenvalue weighted by Crippen LogP contribution is 2.28. The Hall–Kier alpha value is -5.36. The van der Waals surface area contributed by atoms with Gasteiger partial charge in [-0.2, -0.15) is 11.8 Å². The van der Waals surface area contributed by atoms with Crippen LogP contribution in [0.5, 0.6) is 5.75 Å². The fourth-order valence-electron chi connectivity index (χ4n) is 5.74. The van der Waals surface area contributed by atoms with E-state index in [9.17, 15) is 39.5 Å². The van der Waals surface area contributed by atoms with E-state index >= 15 is 0 Å². The Labute approximate surface area is 311 Å². The predicted molar refractivity (Wildman–Crippen MR) is 203 cm³/mol. The molecule has 3 amide bonds. The van der Waals surface area contributed by atoms with Crippen LogP contribution in [0.25, 0.3) is 10.9 Å². The highest BCUT2D eigenvalue weighted by atomic mass is 32.2. The van der Waals surface area contributed by atoms with Crippen LogP contribution in [0.3, 0.4) is 0 Å². The first-order chi connectivity index (χ1) is 25.1. The molecule has 0 spiro atoms. The fraction of sp³-hybridized carbons (Fsp3) is 0.457. The summed E-state index contributed by atoms with van der Waals surface area (Å²) < 4.78 is 1.78. The molecule has 3 rings (SSSR count). The van der Waals surface area contributed by atoms with Crippen LogP contribution in [0.4, 0.5) is 5.69 Å². The maximum Gasteiger partial charge on any atom is 0.326 e. The standard InChI is InChI=1S/C35H49N9O8S/c1-20(2)15-25(36)31(46)42-28(33(48)40-26(12-14-53-3)32(47)41-27(34(49)50)8-6-13-39-35(37)38)17-21-18-43(29-9-5-4-7-24(21)29)19-22-16-23(44(51)52)10-11-30(22)45/h4-5,7,9-11,16,18,20,25-28,45H,6,8,12-15,17,19,36H2,1-3H3,(H,40,48)(H,41,47)(H,42,46)(H,49,50)(H4,37,38,39)/t25-,26-,27-,28-/m0/s1. The largest absolute Gasteiger partial charge is 0.508 e. The third-order valence-corrected chi connectivity index (χ3v) is 9.05. The second-order valence-corrected chi connectivity index (χ2v) is 14.0. The van der Waals surface area contributed by atoms with Gasteiger partial charge in [0.2, 0.25) is 17.7 Å². The predicted octanol–water partition coefficient (Wildman–Crippen LogP) is 1.57. The zero-order valence-electron chi connectivity index (χ0n) is 30.0. The number of aliphatic carboxylic acids is 1. The van der Waals surface area contributed by atoms with Crippen LogP contribution >= 0.6 is 11.8 Å². The number of nitro benzene ring substituents is 1. The molecule has 0 saturated heterocycles. The summed E-state index contributed by atoms with van der Waals surface area (Å²) in [7, 11) is 0. The molecule has 53 heavy (non-hydrogen) atoms. The first kappa shape index (κ1) is 42.1. The van der Waals surface area contributed by atoms with Gasteiger partial charge >= 0.3 is 5.97 Å². The summed E-state index contributed by atoms with van der Waals surface area (Å²) in [5.74, 6) is -2.97. The Bertz CT molecular complexity index is 1790. The zero-order valence-corrected chi connectivity index (χ0v) is 30.8. The average molecular weight is 756 g/mol. The number of rotatable bonds is 21. The van der Waals surface area contributed by atoms with E-state index in [-0.39, 0.29) is 62.1 Å². The van der Waals surface area contributed by atoms with Gasteiger partial charge in [0.25, 0.3) is 5.69 Å². The summed E-state index contributed by atoms with van der Waals surface area (Å²) in [5.41, 5.74) is 18.3. The van der Waals surface area contributed by atoms with Crippen LogP contribution < -0.4 is 33.2 Å². The number of phenols is 1. The molecule has 0 radical (unpaired) electrons. The molecule has 0 bridgehead atoms. The van der Waals surface area contributed by atoms with Gasteiger partial charge in [0.05, 0.1) is 17.5 Å². The van der Waals surface area contributed by atoms with Crippen molar-refractivity contribution in [3.63, 3.8) is 0 Å². The molecule has 1 aromatic heterocycles. The fourth-order valence-corrected chi connectivity index (χ4v) is 6.22. The van der Waals surface area contributed by atoms with Crippen molar-refractivity contribution in [1.29, 1.82) is 0 Å². The monoisotopic (exact) mass is 755 g/mol. The number of benzene rings is 2. The van der Waals surface area contributed by atoms with Crippen LogP contribution in [-0.2, 0) is 32.1 Å². The lowest BCUT2D eigenvalue weighted by atomic mass is 10.0. The number of carboxylic acids is 1. The Kier molecular flexibility index (Phi) is 15.9.